The summed E-state index contributed by atoms with van der Waals surface area (Å²) in [5.74, 6) is -1.57. The van der Waals surface area contributed by atoms with E-state index in [0.29, 0.717) is 4.47 Å². The quantitative estimate of drug-likeness (QED) is 0.807. The number of halogens is 2. The number of anilines is 3. The lowest BCUT2D eigenvalue weighted by Gasteiger charge is -2.10. The second-order valence-electron chi connectivity index (χ2n) is 3.68. The number of pyridine rings is 1. The molecule has 0 aliphatic rings. The standard InChI is InChI=1S/C12H9BrFN3O2/c13-6-1-2-9(8(14)5-6)17-11-10(15)7(12(18)19)3-4-16-11/h1-5H,15H2,(H,16,17)(H,18,19). The van der Waals surface area contributed by atoms with Gasteiger partial charge in [-0.2, -0.15) is 0 Å². The van der Waals surface area contributed by atoms with Gasteiger partial charge < -0.3 is 16.2 Å². The number of hydrogen-bond donors (Lipinski definition) is 3. The van der Waals surface area contributed by atoms with Crippen molar-refractivity contribution in [3.05, 3.63) is 46.3 Å². The smallest absolute Gasteiger partial charge is 0.337 e. The van der Waals surface area contributed by atoms with Crippen molar-refractivity contribution in [1.29, 1.82) is 0 Å². The molecule has 1 aromatic carbocycles. The van der Waals surface area contributed by atoms with Crippen molar-refractivity contribution in [1.82, 2.24) is 4.98 Å². The normalized spacial score (nSPS) is 10.2. The van der Waals surface area contributed by atoms with Gasteiger partial charge in [-0.25, -0.2) is 14.2 Å². The fraction of sp³-hybridized carbons (Fsp3) is 0. The summed E-state index contributed by atoms with van der Waals surface area (Å²) in [6.07, 6.45) is 1.29. The molecule has 0 saturated heterocycles. The Balaban J connectivity index is 2.38. The summed E-state index contributed by atoms with van der Waals surface area (Å²) in [4.78, 5) is 14.8. The fourth-order valence-corrected chi connectivity index (χ4v) is 1.81. The molecule has 0 saturated carbocycles. The van der Waals surface area contributed by atoms with E-state index in [0.717, 1.165) is 0 Å². The maximum atomic E-state index is 13.6. The monoisotopic (exact) mass is 325 g/mol. The van der Waals surface area contributed by atoms with Crippen LogP contribution in [0.25, 0.3) is 0 Å². The summed E-state index contributed by atoms with van der Waals surface area (Å²) in [6.45, 7) is 0. The van der Waals surface area contributed by atoms with E-state index in [1.807, 2.05) is 0 Å². The highest BCUT2D eigenvalue weighted by atomic mass is 79.9. The van der Waals surface area contributed by atoms with Crippen molar-refractivity contribution in [2.45, 2.75) is 0 Å². The van der Waals surface area contributed by atoms with Crippen LogP contribution in [0.5, 0.6) is 0 Å². The zero-order chi connectivity index (χ0) is 14.0. The number of nitrogens with two attached hydrogens (primary N) is 1. The summed E-state index contributed by atoms with van der Waals surface area (Å²) < 4.78 is 14.2. The molecule has 0 fully saturated rings. The van der Waals surface area contributed by atoms with Gasteiger partial charge in [0.1, 0.15) is 5.82 Å². The molecule has 0 radical (unpaired) electrons. The first kappa shape index (κ1) is 13.3. The van der Waals surface area contributed by atoms with Gasteiger partial charge in [-0.3, -0.25) is 0 Å². The lowest BCUT2D eigenvalue weighted by Crippen LogP contribution is -2.07. The number of carboxylic acids is 1. The minimum absolute atomic E-state index is 0.0441. The lowest BCUT2D eigenvalue weighted by molar-refractivity contribution is 0.0698. The first-order chi connectivity index (χ1) is 8.99. The van der Waals surface area contributed by atoms with Crippen molar-refractivity contribution in [3.8, 4) is 0 Å². The van der Waals surface area contributed by atoms with Gasteiger partial charge in [0.05, 0.1) is 16.9 Å². The van der Waals surface area contributed by atoms with E-state index >= 15 is 0 Å². The molecule has 5 nitrogen and oxygen atoms in total. The maximum absolute atomic E-state index is 13.6. The van der Waals surface area contributed by atoms with Gasteiger partial charge in [0, 0.05) is 10.7 Å². The topological polar surface area (TPSA) is 88.2 Å². The Bertz CT molecular complexity index is 649. The number of nitrogen functional groups attached to an aromatic ring is 1. The average molecular weight is 326 g/mol. The van der Waals surface area contributed by atoms with Crippen LogP contribution in [-0.4, -0.2) is 16.1 Å². The van der Waals surface area contributed by atoms with E-state index in [1.54, 1.807) is 6.07 Å². The molecule has 98 valence electrons. The van der Waals surface area contributed by atoms with E-state index in [1.165, 1.54) is 24.4 Å². The number of nitrogens with zero attached hydrogens (tertiary/aromatic N) is 1. The van der Waals surface area contributed by atoms with Gasteiger partial charge in [-0.15, -0.1) is 0 Å². The molecule has 7 heteroatoms. The van der Waals surface area contributed by atoms with Gasteiger partial charge >= 0.3 is 5.97 Å². The van der Waals surface area contributed by atoms with Crippen LogP contribution in [0.15, 0.2) is 34.9 Å². The van der Waals surface area contributed by atoms with E-state index in [4.69, 9.17) is 10.8 Å². The van der Waals surface area contributed by atoms with Crippen LogP contribution in [0.1, 0.15) is 10.4 Å². The summed E-state index contributed by atoms with van der Waals surface area (Å²) in [7, 11) is 0. The molecule has 0 aliphatic heterocycles. The van der Waals surface area contributed by atoms with Gasteiger partial charge in [-0.1, -0.05) is 15.9 Å². The summed E-state index contributed by atoms with van der Waals surface area (Å²) in [5, 5.41) is 11.6. The van der Waals surface area contributed by atoms with Crippen molar-refractivity contribution < 1.29 is 14.3 Å². The number of aromatic nitrogens is 1. The van der Waals surface area contributed by atoms with Crippen LogP contribution in [-0.2, 0) is 0 Å². The Kier molecular flexibility index (Phi) is 3.66. The minimum Gasteiger partial charge on any atom is -0.478 e. The number of hydrogen-bond acceptors (Lipinski definition) is 4. The van der Waals surface area contributed by atoms with E-state index in [-0.39, 0.29) is 22.8 Å². The molecular weight excluding hydrogens is 317 g/mol. The van der Waals surface area contributed by atoms with Crippen molar-refractivity contribution >= 4 is 39.1 Å². The average Bonchev–Trinajstić information content (AvgIpc) is 2.34. The molecule has 4 N–H and O–H groups in total. The first-order valence-corrected chi connectivity index (χ1v) is 5.98. The lowest BCUT2D eigenvalue weighted by atomic mass is 10.2. The van der Waals surface area contributed by atoms with Crippen LogP contribution in [0.2, 0.25) is 0 Å². The molecule has 1 aromatic heterocycles. The number of carboxylic acid groups (broad SMARTS) is 1. The third kappa shape index (κ3) is 2.82. The SMILES string of the molecule is Nc1c(C(=O)O)ccnc1Nc1ccc(Br)cc1F. The van der Waals surface area contributed by atoms with Crippen molar-refractivity contribution in [2.24, 2.45) is 0 Å². The highest BCUT2D eigenvalue weighted by Gasteiger charge is 2.13. The zero-order valence-corrected chi connectivity index (χ0v) is 11.1. The third-order valence-corrected chi connectivity index (χ3v) is 2.90. The summed E-state index contributed by atoms with van der Waals surface area (Å²) >= 11 is 3.14. The van der Waals surface area contributed by atoms with Crippen LogP contribution in [0.3, 0.4) is 0 Å². The van der Waals surface area contributed by atoms with Gasteiger partial charge in [-0.05, 0) is 24.3 Å². The van der Waals surface area contributed by atoms with Gasteiger partial charge in [0.15, 0.2) is 5.82 Å². The molecule has 1 heterocycles. The Morgan fingerprint density at radius 2 is 2.16 bits per heavy atom. The molecular formula is C12H9BrFN3O2. The van der Waals surface area contributed by atoms with Crippen LogP contribution < -0.4 is 11.1 Å². The number of nitrogens with one attached hydrogen (secondary N) is 1. The Hall–Kier alpha value is -2.15. The number of carbonyl (C=O) groups is 1. The second-order valence-corrected chi connectivity index (χ2v) is 4.59. The van der Waals surface area contributed by atoms with Crippen LogP contribution >= 0.6 is 15.9 Å². The minimum atomic E-state index is -1.17. The summed E-state index contributed by atoms with van der Waals surface area (Å²) in [5.41, 5.74) is 5.70. The van der Waals surface area contributed by atoms with Crippen molar-refractivity contribution in [3.63, 3.8) is 0 Å². The molecule has 0 amide bonds. The van der Waals surface area contributed by atoms with Crippen LogP contribution in [0, 0.1) is 5.82 Å². The molecule has 0 atom stereocenters. The van der Waals surface area contributed by atoms with Crippen LogP contribution in [0.4, 0.5) is 21.6 Å². The highest BCUT2D eigenvalue weighted by molar-refractivity contribution is 9.10. The van der Waals surface area contributed by atoms with E-state index in [2.05, 4.69) is 26.2 Å². The predicted molar refractivity (Wildman–Crippen MR) is 73.0 cm³/mol. The predicted octanol–water partition coefficient (Wildman–Crippen LogP) is 3.01. The third-order valence-electron chi connectivity index (χ3n) is 2.40. The first-order valence-electron chi connectivity index (χ1n) is 5.19. The van der Waals surface area contributed by atoms with Gasteiger partial charge in [0.25, 0.3) is 0 Å². The number of benzene rings is 1. The Labute approximate surface area is 116 Å². The molecule has 2 rings (SSSR count). The van der Waals surface area contributed by atoms with E-state index in [9.17, 15) is 9.18 Å². The Morgan fingerprint density at radius 1 is 1.42 bits per heavy atom. The molecule has 0 aliphatic carbocycles. The molecule has 19 heavy (non-hydrogen) atoms. The molecule has 0 bridgehead atoms. The Morgan fingerprint density at radius 3 is 2.79 bits per heavy atom. The van der Waals surface area contributed by atoms with Gasteiger partial charge in [0.2, 0.25) is 0 Å². The number of aromatic carboxylic acids is 1. The number of rotatable bonds is 3. The molecule has 0 unspecified atom stereocenters. The highest BCUT2D eigenvalue weighted by Crippen LogP contribution is 2.26. The largest absolute Gasteiger partial charge is 0.478 e. The fourth-order valence-electron chi connectivity index (χ4n) is 1.48. The summed E-state index contributed by atoms with van der Waals surface area (Å²) in [6, 6.07) is 5.69. The maximum Gasteiger partial charge on any atom is 0.337 e. The van der Waals surface area contributed by atoms with E-state index < -0.39 is 11.8 Å². The second kappa shape index (κ2) is 5.23. The van der Waals surface area contributed by atoms with Crippen molar-refractivity contribution in [2.75, 3.05) is 11.1 Å². The molecule has 0 spiro atoms. The zero-order valence-electron chi connectivity index (χ0n) is 9.52. The molecule has 2 aromatic rings.